The number of hydrogen-bond donors (Lipinski definition) is 2. The molecule has 0 bridgehead atoms. The largest absolute Gasteiger partial charge is 0.491 e. The predicted molar refractivity (Wildman–Crippen MR) is 119 cm³/mol. The molecule has 0 radical (unpaired) electrons. The van der Waals surface area contributed by atoms with Crippen LogP contribution in [0.25, 0.3) is 0 Å². The lowest BCUT2D eigenvalue weighted by Crippen LogP contribution is -2.40. The topological polar surface area (TPSA) is 89.1 Å². The van der Waals surface area contributed by atoms with Gasteiger partial charge in [-0.25, -0.2) is 0 Å². The monoisotopic (exact) mass is 427 g/mol. The predicted octanol–water partition coefficient (Wildman–Crippen LogP) is 2.62. The molecule has 1 aliphatic heterocycles. The Labute approximate surface area is 182 Å². The van der Waals surface area contributed by atoms with Crippen LogP contribution in [0.3, 0.4) is 0 Å². The lowest BCUT2D eigenvalue weighted by Gasteiger charge is -2.26. The first kappa shape index (κ1) is 22.6. The molecule has 0 aliphatic carbocycles. The molecule has 2 aromatic rings. The SMILES string of the molecule is CCOCCOc1ccc(NC(=O)CNc2ccc(C(=O)N3CCOCC3)cc2)cc1. The van der Waals surface area contributed by atoms with Gasteiger partial charge in [-0.2, -0.15) is 0 Å². The van der Waals surface area contributed by atoms with Crippen molar-refractivity contribution in [2.75, 3.05) is 63.3 Å². The average molecular weight is 428 g/mol. The Balaban J connectivity index is 1.41. The fraction of sp³-hybridized carbons (Fsp3) is 0.391. The third kappa shape index (κ3) is 7.27. The summed E-state index contributed by atoms with van der Waals surface area (Å²) in [5, 5.41) is 5.90. The summed E-state index contributed by atoms with van der Waals surface area (Å²) in [7, 11) is 0. The van der Waals surface area contributed by atoms with E-state index in [2.05, 4.69) is 10.6 Å². The number of hydrogen-bond acceptors (Lipinski definition) is 6. The second-order valence-corrected chi connectivity index (χ2v) is 6.95. The van der Waals surface area contributed by atoms with Crippen molar-refractivity contribution in [2.24, 2.45) is 0 Å². The van der Waals surface area contributed by atoms with Gasteiger partial charge in [0.2, 0.25) is 5.91 Å². The molecule has 1 saturated heterocycles. The highest BCUT2D eigenvalue weighted by Crippen LogP contribution is 2.16. The first-order valence-corrected chi connectivity index (χ1v) is 10.5. The van der Waals surface area contributed by atoms with Crippen molar-refractivity contribution in [2.45, 2.75) is 6.92 Å². The second-order valence-electron chi connectivity index (χ2n) is 6.95. The van der Waals surface area contributed by atoms with Gasteiger partial charge in [0.1, 0.15) is 12.4 Å². The number of ether oxygens (including phenoxy) is 3. The Morgan fingerprint density at radius 3 is 2.32 bits per heavy atom. The maximum Gasteiger partial charge on any atom is 0.254 e. The molecule has 31 heavy (non-hydrogen) atoms. The lowest BCUT2D eigenvalue weighted by atomic mass is 10.1. The van der Waals surface area contributed by atoms with Crippen molar-refractivity contribution in [3.05, 3.63) is 54.1 Å². The molecule has 1 fully saturated rings. The second kappa shape index (κ2) is 11.9. The van der Waals surface area contributed by atoms with Gasteiger partial charge in [0.25, 0.3) is 5.91 Å². The van der Waals surface area contributed by atoms with Crippen LogP contribution in [-0.4, -0.2) is 69.4 Å². The summed E-state index contributed by atoms with van der Waals surface area (Å²) in [5.74, 6) is 0.555. The highest BCUT2D eigenvalue weighted by molar-refractivity contribution is 5.95. The molecular formula is C23H29N3O5. The van der Waals surface area contributed by atoms with Crippen molar-refractivity contribution in [3.63, 3.8) is 0 Å². The zero-order valence-electron chi connectivity index (χ0n) is 17.8. The van der Waals surface area contributed by atoms with E-state index < -0.39 is 0 Å². The van der Waals surface area contributed by atoms with Crippen LogP contribution in [0.2, 0.25) is 0 Å². The molecule has 0 spiro atoms. The van der Waals surface area contributed by atoms with E-state index in [1.165, 1.54) is 0 Å². The van der Waals surface area contributed by atoms with Crippen LogP contribution in [0.5, 0.6) is 5.75 Å². The molecule has 2 amide bonds. The van der Waals surface area contributed by atoms with Crippen molar-refractivity contribution in [3.8, 4) is 5.75 Å². The minimum atomic E-state index is -0.168. The van der Waals surface area contributed by atoms with Crippen LogP contribution >= 0.6 is 0 Å². The van der Waals surface area contributed by atoms with Crippen molar-refractivity contribution >= 4 is 23.2 Å². The molecule has 3 rings (SSSR count). The fourth-order valence-corrected chi connectivity index (χ4v) is 3.06. The summed E-state index contributed by atoms with van der Waals surface area (Å²) >= 11 is 0. The Hall–Kier alpha value is -3.10. The number of carbonyl (C=O) groups excluding carboxylic acids is 2. The Kier molecular flexibility index (Phi) is 8.69. The first-order valence-electron chi connectivity index (χ1n) is 10.5. The van der Waals surface area contributed by atoms with E-state index in [9.17, 15) is 9.59 Å². The van der Waals surface area contributed by atoms with Gasteiger partial charge in [0.15, 0.2) is 0 Å². The number of benzene rings is 2. The van der Waals surface area contributed by atoms with Crippen LogP contribution in [0.4, 0.5) is 11.4 Å². The number of anilines is 2. The molecule has 2 aromatic carbocycles. The minimum Gasteiger partial charge on any atom is -0.491 e. The third-order valence-corrected chi connectivity index (χ3v) is 4.72. The Morgan fingerprint density at radius 2 is 1.65 bits per heavy atom. The summed E-state index contributed by atoms with van der Waals surface area (Å²) in [6.45, 7) is 6.12. The van der Waals surface area contributed by atoms with Gasteiger partial charge in [-0.1, -0.05) is 0 Å². The van der Waals surface area contributed by atoms with E-state index >= 15 is 0 Å². The van der Waals surface area contributed by atoms with Crippen LogP contribution < -0.4 is 15.4 Å². The highest BCUT2D eigenvalue weighted by atomic mass is 16.5. The number of nitrogens with zero attached hydrogens (tertiary/aromatic N) is 1. The number of rotatable bonds is 10. The first-order chi connectivity index (χ1) is 15.2. The minimum absolute atomic E-state index is 0.00194. The molecule has 166 valence electrons. The summed E-state index contributed by atoms with van der Waals surface area (Å²) in [4.78, 5) is 26.5. The summed E-state index contributed by atoms with van der Waals surface area (Å²) < 4.78 is 16.1. The van der Waals surface area contributed by atoms with E-state index in [0.717, 1.165) is 11.4 Å². The van der Waals surface area contributed by atoms with Crippen LogP contribution in [0.1, 0.15) is 17.3 Å². The molecule has 8 heteroatoms. The molecular weight excluding hydrogens is 398 g/mol. The number of carbonyl (C=O) groups is 2. The Morgan fingerprint density at radius 1 is 0.968 bits per heavy atom. The summed E-state index contributed by atoms with van der Waals surface area (Å²) in [6.07, 6.45) is 0. The van der Waals surface area contributed by atoms with E-state index in [0.29, 0.717) is 57.4 Å². The quantitative estimate of drug-likeness (QED) is 0.567. The van der Waals surface area contributed by atoms with E-state index in [4.69, 9.17) is 14.2 Å². The molecule has 0 saturated carbocycles. The molecule has 0 aromatic heterocycles. The zero-order chi connectivity index (χ0) is 21.9. The number of nitrogens with one attached hydrogen (secondary N) is 2. The van der Waals surface area contributed by atoms with Gasteiger partial charge in [-0.05, 0) is 55.5 Å². The van der Waals surface area contributed by atoms with E-state index in [1.807, 2.05) is 6.92 Å². The molecule has 1 aliphatic rings. The number of amides is 2. The van der Waals surface area contributed by atoms with Gasteiger partial charge < -0.3 is 29.7 Å². The maximum absolute atomic E-state index is 12.5. The van der Waals surface area contributed by atoms with Crippen LogP contribution in [-0.2, 0) is 14.3 Å². The Bertz CT molecular complexity index is 833. The van der Waals surface area contributed by atoms with Gasteiger partial charge >= 0.3 is 0 Å². The lowest BCUT2D eigenvalue weighted by molar-refractivity contribution is -0.114. The van der Waals surface area contributed by atoms with Gasteiger partial charge in [-0.15, -0.1) is 0 Å². The standard InChI is InChI=1S/C23H29N3O5/c1-2-29-15-16-31-21-9-7-20(8-10-21)25-22(27)17-24-19-5-3-18(4-6-19)23(28)26-11-13-30-14-12-26/h3-10,24H,2,11-17H2,1H3,(H,25,27). The van der Waals surface area contributed by atoms with E-state index in [1.54, 1.807) is 53.4 Å². The highest BCUT2D eigenvalue weighted by Gasteiger charge is 2.18. The smallest absolute Gasteiger partial charge is 0.254 e. The van der Waals surface area contributed by atoms with Crippen LogP contribution in [0, 0.1) is 0 Å². The van der Waals surface area contributed by atoms with Crippen molar-refractivity contribution in [1.82, 2.24) is 4.90 Å². The number of morpholine rings is 1. The fourth-order valence-electron chi connectivity index (χ4n) is 3.06. The molecule has 0 atom stereocenters. The average Bonchev–Trinajstić information content (AvgIpc) is 2.82. The van der Waals surface area contributed by atoms with Crippen molar-refractivity contribution in [1.29, 1.82) is 0 Å². The van der Waals surface area contributed by atoms with Crippen LogP contribution in [0.15, 0.2) is 48.5 Å². The van der Waals surface area contributed by atoms with Crippen molar-refractivity contribution < 1.29 is 23.8 Å². The zero-order valence-corrected chi connectivity index (χ0v) is 17.8. The normalized spacial score (nSPS) is 13.5. The van der Waals surface area contributed by atoms with E-state index in [-0.39, 0.29) is 18.4 Å². The third-order valence-electron chi connectivity index (χ3n) is 4.72. The maximum atomic E-state index is 12.5. The molecule has 8 nitrogen and oxygen atoms in total. The van der Waals surface area contributed by atoms with Gasteiger partial charge in [0, 0.05) is 36.6 Å². The summed E-state index contributed by atoms with van der Waals surface area (Å²) in [5.41, 5.74) is 2.09. The molecule has 0 unspecified atom stereocenters. The van der Waals surface area contributed by atoms with Gasteiger partial charge in [-0.3, -0.25) is 9.59 Å². The van der Waals surface area contributed by atoms with Gasteiger partial charge in [0.05, 0.1) is 26.4 Å². The summed E-state index contributed by atoms with van der Waals surface area (Å²) in [6, 6.07) is 14.3. The molecule has 2 N–H and O–H groups in total. The molecule has 1 heterocycles.